The highest BCUT2D eigenvalue weighted by Crippen LogP contribution is 2.32. The Labute approximate surface area is 132 Å². The number of halogens is 2. The molecule has 0 aromatic heterocycles. The molecule has 0 bridgehead atoms. The van der Waals surface area contributed by atoms with E-state index in [0.29, 0.717) is 5.02 Å². The number of carbonyl (C=O) groups is 2. The lowest BCUT2D eigenvalue weighted by Gasteiger charge is -2.16. The van der Waals surface area contributed by atoms with Crippen molar-refractivity contribution in [1.82, 2.24) is 5.32 Å². The molecule has 1 aromatic carbocycles. The van der Waals surface area contributed by atoms with Gasteiger partial charge in [-0.1, -0.05) is 29.3 Å². The predicted molar refractivity (Wildman–Crippen MR) is 81.3 cm³/mol. The van der Waals surface area contributed by atoms with E-state index >= 15 is 0 Å². The molecule has 21 heavy (non-hydrogen) atoms. The number of ether oxygens (including phenoxy) is 1. The fourth-order valence-electron chi connectivity index (χ4n) is 1.57. The largest absolute Gasteiger partial charge is 0.480 e. The molecule has 116 valence electrons. The molecule has 0 aliphatic heterocycles. The third-order valence-electron chi connectivity index (χ3n) is 2.74. The zero-order valence-electron chi connectivity index (χ0n) is 11.6. The van der Waals surface area contributed by atoms with Crippen molar-refractivity contribution in [1.29, 1.82) is 0 Å². The van der Waals surface area contributed by atoms with E-state index in [1.54, 1.807) is 19.1 Å². The van der Waals surface area contributed by atoms with Gasteiger partial charge in [0.25, 0.3) is 0 Å². The highest BCUT2D eigenvalue weighted by Gasteiger charge is 2.20. The number of nitrogens with one attached hydrogen (secondary N) is 2. The minimum atomic E-state index is -1.15. The second-order valence-corrected chi connectivity index (χ2v) is 5.11. The van der Waals surface area contributed by atoms with Gasteiger partial charge in [-0.25, -0.2) is 9.59 Å². The number of carboxylic acid groups (broad SMARTS) is 1. The van der Waals surface area contributed by atoms with Crippen LogP contribution in [0.25, 0.3) is 0 Å². The summed E-state index contributed by atoms with van der Waals surface area (Å²) in [6.07, 6.45) is 0.147. The van der Waals surface area contributed by atoms with Crippen LogP contribution in [0.1, 0.15) is 12.0 Å². The maximum Gasteiger partial charge on any atom is 0.326 e. The fraction of sp³-hybridized carbons (Fsp3) is 0.385. The van der Waals surface area contributed by atoms with Crippen molar-refractivity contribution >= 4 is 40.9 Å². The fourth-order valence-corrected chi connectivity index (χ4v) is 2.04. The van der Waals surface area contributed by atoms with Gasteiger partial charge in [-0.3, -0.25) is 0 Å². The first-order valence-corrected chi connectivity index (χ1v) is 6.86. The van der Waals surface area contributed by atoms with Crippen LogP contribution in [0.5, 0.6) is 0 Å². The summed E-state index contributed by atoms with van der Waals surface area (Å²) in [4.78, 5) is 22.9. The number of aryl methyl sites for hydroxylation is 1. The van der Waals surface area contributed by atoms with E-state index in [4.69, 9.17) is 33.0 Å². The molecule has 0 spiro atoms. The number of amides is 2. The van der Waals surface area contributed by atoms with E-state index in [9.17, 15) is 9.59 Å². The van der Waals surface area contributed by atoms with Gasteiger partial charge in [0, 0.05) is 20.1 Å². The van der Waals surface area contributed by atoms with Gasteiger partial charge in [-0.2, -0.15) is 0 Å². The lowest BCUT2D eigenvalue weighted by molar-refractivity contribution is -0.139. The number of carbonyl (C=O) groups excluding carboxylic acids is 1. The van der Waals surface area contributed by atoms with Crippen LogP contribution in [-0.4, -0.2) is 36.9 Å². The number of anilines is 1. The van der Waals surface area contributed by atoms with Crippen LogP contribution in [-0.2, 0) is 9.53 Å². The quantitative estimate of drug-likeness (QED) is 0.746. The molecule has 3 N–H and O–H groups in total. The molecule has 1 rings (SSSR count). The maximum absolute atomic E-state index is 11.9. The highest BCUT2D eigenvalue weighted by molar-refractivity contribution is 6.40. The summed E-state index contributed by atoms with van der Waals surface area (Å²) in [5.74, 6) is -1.15. The van der Waals surface area contributed by atoms with Crippen LogP contribution < -0.4 is 10.6 Å². The molecule has 0 aliphatic carbocycles. The number of aliphatic carboxylic acids is 1. The lowest BCUT2D eigenvalue weighted by Crippen LogP contribution is -2.43. The third kappa shape index (κ3) is 5.08. The average molecular weight is 335 g/mol. The minimum absolute atomic E-state index is 0.147. The Morgan fingerprint density at radius 3 is 2.62 bits per heavy atom. The van der Waals surface area contributed by atoms with Gasteiger partial charge in [0.05, 0.1) is 15.7 Å². The normalized spacial score (nSPS) is 11.8. The first kappa shape index (κ1) is 17.6. The van der Waals surface area contributed by atoms with Crippen molar-refractivity contribution in [3.05, 3.63) is 27.7 Å². The van der Waals surface area contributed by atoms with E-state index in [1.807, 2.05) is 0 Å². The van der Waals surface area contributed by atoms with Crippen molar-refractivity contribution in [3.8, 4) is 0 Å². The lowest BCUT2D eigenvalue weighted by atomic mass is 10.2. The number of benzene rings is 1. The van der Waals surface area contributed by atoms with Gasteiger partial charge in [0.2, 0.25) is 0 Å². The molecule has 0 heterocycles. The van der Waals surface area contributed by atoms with Crippen LogP contribution >= 0.6 is 23.2 Å². The summed E-state index contributed by atoms with van der Waals surface area (Å²) in [5, 5.41) is 14.4. The van der Waals surface area contributed by atoms with Crippen LogP contribution in [0.3, 0.4) is 0 Å². The molecular formula is C13H16Cl2N2O4. The summed E-state index contributed by atoms with van der Waals surface area (Å²) in [7, 11) is 1.45. The van der Waals surface area contributed by atoms with Gasteiger partial charge in [0.15, 0.2) is 0 Å². The molecule has 0 aliphatic rings. The summed E-state index contributed by atoms with van der Waals surface area (Å²) in [6.45, 7) is 1.98. The summed E-state index contributed by atoms with van der Waals surface area (Å²) in [5.41, 5.74) is 0.984. The number of carboxylic acids is 1. The molecule has 8 heteroatoms. The van der Waals surface area contributed by atoms with Crippen molar-refractivity contribution in [2.45, 2.75) is 19.4 Å². The van der Waals surface area contributed by atoms with Crippen molar-refractivity contribution < 1.29 is 19.4 Å². The monoisotopic (exact) mass is 334 g/mol. The third-order valence-corrected chi connectivity index (χ3v) is 3.54. The van der Waals surface area contributed by atoms with Crippen molar-refractivity contribution in [2.75, 3.05) is 19.0 Å². The molecule has 1 atom stereocenters. The SMILES string of the molecule is COCCC(NC(=O)Nc1c(Cl)ccc(C)c1Cl)C(=O)O. The number of hydrogen-bond donors (Lipinski definition) is 3. The van der Waals surface area contributed by atoms with Crippen LogP contribution in [0.2, 0.25) is 10.0 Å². The molecule has 1 unspecified atom stereocenters. The Hall–Kier alpha value is -1.50. The molecule has 0 saturated heterocycles. The van der Waals surface area contributed by atoms with Crippen molar-refractivity contribution in [2.24, 2.45) is 0 Å². The molecule has 0 saturated carbocycles. The first-order valence-electron chi connectivity index (χ1n) is 6.10. The predicted octanol–water partition coefficient (Wildman–Crippen LogP) is 2.91. The van der Waals surface area contributed by atoms with Gasteiger partial charge >= 0.3 is 12.0 Å². The van der Waals surface area contributed by atoms with E-state index in [-0.39, 0.29) is 23.7 Å². The van der Waals surface area contributed by atoms with Crippen LogP contribution in [0.15, 0.2) is 12.1 Å². The molecule has 0 fully saturated rings. The standard InChI is InChI=1S/C13H16Cl2N2O4/c1-7-3-4-8(14)11(10(7)15)17-13(20)16-9(12(18)19)5-6-21-2/h3-4,9H,5-6H2,1-2H3,(H,18,19)(H2,16,17,20). The summed E-state index contributed by atoms with van der Waals surface area (Å²) < 4.78 is 4.80. The highest BCUT2D eigenvalue weighted by atomic mass is 35.5. The zero-order chi connectivity index (χ0) is 16.0. The van der Waals surface area contributed by atoms with Crippen LogP contribution in [0, 0.1) is 6.92 Å². The number of hydrogen-bond acceptors (Lipinski definition) is 3. The van der Waals surface area contributed by atoms with Gasteiger partial charge in [-0.05, 0) is 18.6 Å². The molecule has 1 aromatic rings. The van der Waals surface area contributed by atoms with Gasteiger partial charge in [0.1, 0.15) is 6.04 Å². The minimum Gasteiger partial charge on any atom is -0.480 e. The topological polar surface area (TPSA) is 87.7 Å². The van der Waals surface area contributed by atoms with E-state index in [1.165, 1.54) is 7.11 Å². The second kappa shape index (κ2) is 8.07. The average Bonchev–Trinajstić information content (AvgIpc) is 2.43. The van der Waals surface area contributed by atoms with Gasteiger partial charge in [-0.15, -0.1) is 0 Å². The molecular weight excluding hydrogens is 319 g/mol. The zero-order valence-corrected chi connectivity index (χ0v) is 13.1. The van der Waals surface area contributed by atoms with E-state index in [2.05, 4.69) is 10.6 Å². The number of urea groups is 1. The number of methoxy groups -OCH3 is 1. The second-order valence-electron chi connectivity index (χ2n) is 4.32. The molecule has 0 radical (unpaired) electrons. The summed E-state index contributed by atoms with van der Waals surface area (Å²) >= 11 is 12.0. The Morgan fingerprint density at radius 2 is 2.05 bits per heavy atom. The Balaban J connectivity index is 2.77. The maximum atomic E-state index is 11.9. The van der Waals surface area contributed by atoms with E-state index < -0.39 is 18.0 Å². The summed E-state index contributed by atoms with van der Waals surface area (Å²) in [6, 6.07) is 1.55. The smallest absolute Gasteiger partial charge is 0.326 e. The number of rotatable bonds is 6. The van der Waals surface area contributed by atoms with E-state index in [0.717, 1.165) is 5.56 Å². The van der Waals surface area contributed by atoms with Gasteiger partial charge < -0.3 is 20.5 Å². The van der Waals surface area contributed by atoms with Crippen LogP contribution in [0.4, 0.5) is 10.5 Å². The molecule has 6 nitrogen and oxygen atoms in total. The van der Waals surface area contributed by atoms with Crippen molar-refractivity contribution in [3.63, 3.8) is 0 Å². The Bertz CT molecular complexity index is 537. The Morgan fingerprint density at radius 1 is 1.38 bits per heavy atom. The Kier molecular flexibility index (Phi) is 6.74. The first-order chi connectivity index (χ1) is 9.86. The molecule has 2 amide bonds.